The highest BCUT2D eigenvalue weighted by Gasteiger charge is 2.61. The summed E-state index contributed by atoms with van der Waals surface area (Å²) in [7, 11) is 0. The number of fused-ring (bicyclic) bond motifs is 1. The van der Waals surface area contributed by atoms with Gasteiger partial charge in [0.05, 0.1) is 11.9 Å². The van der Waals surface area contributed by atoms with E-state index in [0.717, 1.165) is 31.1 Å². The number of likely N-dealkylation sites (tertiary alicyclic amines) is 1. The van der Waals surface area contributed by atoms with Crippen molar-refractivity contribution in [3.05, 3.63) is 76.3 Å². The van der Waals surface area contributed by atoms with Crippen LogP contribution in [0, 0.1) is 12.8 Å². The quantitative estimate of drug-likeness (QED) is 0.553. The van der Waals surface area contributed by atoms with Crippen LogP contribution in [0.4, 0.5) is 0 Å². The molecule has 31 heavy (non-hydrogen) atoms. The average molecular weight is 415 g/mol. The second-order valence-corrected chi connectivity index (χ2v) is 9.30. The van der Waals surface area contributed by atoms with E-state index in [9.17, 15) is 0 Å². The Hall–Kier alpha value is -2.88. The third-order valence-corrected chi connectivity index (χ3v) is 6.65. The summed E-state index contributed by atoms with van der Waals surface area (Å²) in [6.45, 7) is 13.0. The Kier molecular flexibility index (Phi) is 5.99. The maximum atomic E-state index is 4.83. The number of hydrogen-bond acceptors (Lipinski definition) is 3. The predicted octanol–water partition coefficient (Wildman–Crippen LogP) is 6.14. The molecule has 1 aromatic heterocycles. The highest BCUT2D eigenvalue weighted by molar-refractivity contribution is 5.81. The average Bonchev–Trinajstić information content (AvgIpc) is 3.11. The Bertz CT molecular complexity index is 1050. The van der Waals surface area contributed by atoms with Crippen LogP contribution in [0.3, 0.4) is 0 Å². The number of aromatic amines is 1. The molecule has 1 saturated carbocycles. The Labute approximate surface area is 186 Å². The molecule has 162 valence electrons. The number of piperidine rings is 1. The molecule has 2 unspecified atom stereocenters. The summed E-state index contributed by atoms with van der Waals surface area (Å²) in [5, 5.41) is 7.14. The molecule has 2 aliphatic rings. The first-order valence-electron chi connectivity index (χ1n) is 11.3. The summed E-state index contributed by atoms with van der Waals surface area (Å²) < 4.78 is 0. The minimum absolute atomic E-state index is 0.317. The van der Waals surface area contributed by atoms with Gasteiger partial charge in [-0.2, -0.15) is 5.10 Å². The maximum absolute atomic E-state index is 4.83. The number of rotatable bonds is 7. The molecule has 2 heterocycles. The number of benzene rings is 1. The van der Waals surface area contributed by atoms with Crippen molar-refractivity contribution >= 4 is 18.0 Å². The van der Waals surface area contributed by atoms with E-state index in [-0.39, 0.29) is 0 Å². The molecule has 0 radical (unpaired) electrons. The monoisotopic (exact) mass is 414 g/mol. The number of aromatic nitrogens is 2. The molecule has 4 heteroatoms. The summed E-state index contributed by atoms with van der Waals surface area (Å²) in [5.74, 6) is 0.753. The van der Waals surface area contributed by atoms with Crippen molar-refractivity contribution in [1.82, 2.24) is 15.1 Å². The maximum Gasteiger partial charge on any atom is 0.0662 e. The van der Waals surface area contributed by atoms with Crippen LogP contribution >= 0.6 is 0 Å². The van der Waals surface area contributed by atoms with Gasteiger partial charge in [0.15, 0.2) is 0 Å². The fourth-order valence-electron chi connectivity index (χ4n) is 4.80. The summed E-state index contributed by atoms with van der Waals surface area (Å²) >= 11 is 0. The van der Waals surface area contributed by atoms with E-state index in [1.807, 2.05) is 12.4 Å². The van der Waals surface area contributed by atoms with Gasteiger partial charge in [-0.3, -0.25) is 10.1 Å². The fraction of sp³-hybridized carbons (Fsp3) is 0.407. The molecule has 0 spiro atoms. The first kappa shape index (κ1) is 21.4. The lowest BCUT2D eigenvalue weighted by Crippen LogP contribution is -2.24. The third kappa shape index (κ3) is 4.43. The van der Waals surface area contributed by atoms with Crippen LogP contribution in [-0.2, 0) is 5.41 Å². The van der Waals surface area contributed by atoms with Crippen molar-refractivity contribution in [2.45, 2.75) is 52.9 Å². The molecule has 4 nitrogen and oxygen atoms in total. The van der Waals surface area contributed by atoms with Gasteiger partial charge >= 0.3 is 0 Å². The second kappa shape index (κ2) is 8.70. The number of H-pyrrole nitrogens is 1. The molecular weight excluding hydrogens is 380 g/mol. The summed E-state index contributed by atoms with van der Waals surface area (Å²) in [5.41, 5.74) is 9.05. The van der Waals surface area contributed by atoms with Gasteiger partial charge in [0, 0.05) is 42.2 Å². The van der Waals surface area contributed by atoms with Crippen molar-refractivity contribution in [3.63, 3.8) is 0 Å². The van der Waals surface area contributed by atoms with Crippen molar-refractivity contribution in [2.24, 2.45) is 10.9 Å². The first-order valence-corrected chi connectivity index (χ1v) is 11.3. The van der Waals surface area contributed by atoms with Crippen LogP contribution in [0.2, 0.25) is 0 Å². The lowest BCUT2D eigenvalue weighted by Gasteiger charge is -2.23. The summed E-state index contributed by atoms with van der Waals surface area (Å²) in [4.78, 5) is 7.32. The Balaban J connectivity index is 1.46. The normalized spacial score (nSPS) is 23.4. The molecule has 2 aromatic rings. The van der Waals surface area contributed by atoms with E-state index in [0.29, 0.717) is 5.41 Å². The lowest BCUT2D eigenvalue weighted by molar-refractivity contribution is 0.373. The molecule has 2 atom stereocenters. The van der Waals surface area contributed by atoms with Crippen LogP contribution in [0.15, 0.2) is 59.0 Å². The van der Waals surface area contributed by atoms with Gasteiger partial charge < -0.3 is 4.90 Å². The Morgan fingerprint density at radius 2 is 2.16 bits per heavy atom. The Morgan fingerprint density at radius 3 is 2.84 bits per heavy atom. The van der Waals surface area contributed by atoms with Crippen molar-refractivity contribution < 1.29 is 0 Å². The van der Waals surface area contributed by atoms with E-state index in [2.05, 4.69) is 92.3 Å². The molecule has 0 bridgehead atoms. The zero-order valence-corrected chi connectivity index (χ0v) is 19.4. The molecular formula is C27H34N4. The Morgan fingerprint density at radius 1 is 1.32 bits per heavy atom. The molecule has 1 saturated heterocycles. The van der Waals surface area contributed by atoms with E-state index < -0.39 is 0 Å². The van der Waals surface area contributed by atoms with Crippen LogP contribution in [0.1, 0.15) is 62.8 Å². The minimum Gasteiger partial charge on any atom is -0.374 e. The number of aliphatic imine (C=N–C) groups is 1. The van der Waals surface area contributed by atoms with Gasteiger partial charge in [0.25, 0.3) is 0 Å². The molecule has 1 aromatic carbocycles. The number of aryl methyl sites for hydroxylation is 1. The van der Waals surface area contributed by atoms with E-state index >= 15 is 0 Å². The lowest BCUT2D eigenvalue weighted by atomic mass is 9.99. The number of hydrogen-bond donors (Lipinski definition) is 1. The van der Waals surface area contributed by atoms with Gasteiger partial charge in [-0.15, -0.1) is 0 Å². The van der Waals surface area contributed by atoms with Crippen LogP contribution in [0.5, 0.6) is 0 Å². The first-order chi connectivity index (χ1) is 14.9. The van der Waals surface area contributed by atoms with Crippen LogP contribution < -0.4 is 0 Å². The van der Waals surface area contributed by atoms with Crippen LogP contribution in [0.25, 0.3) is 11.8 Å². The largest absolute Gasteiger partial charge is 0.374 e. The smallest absolute Gasteiger partial charge is 0.0662 e. The van der Waals surface area contributed by atoms with E-state index in [4.69, 9.17) is 4.99 Å². The van der Waals surface area contributed by atoms with Gasteiger partial charge in [0.2, 0.25) is 0 Å². The third-order valence-electron chi connectivity index (χ3n) is 6.65. The van der Waals surface area contributed by atoms with Gasteiger partial charge in [-0.05, 0) is 75.3 Å². The van der Waals surface area contributed by atoms with Crippen LogP contribution in [-0.4, -0.2) is 34.4 Å². The van der Waals surface area contributed by atoms with Gasteiger partial charge in [-0.25, -0.2) is 0 Å². The highest BCUT2D eigenvalue weighted by atomic mass is 15.2. The second-order valence-electron chi connectivity index (χ2n) is 9.30. The van der Waals surface area contributed by atoms with E-state index in [1.54, 1.807) is 0 Å². The molecule has 2 fully saturated rings. The van der Waals surface area contributed by atoms with Crippen molar-refractivity contribution in [2.75, 3.05) is 13.1 Å². The predicted molar refractivity (Wildman–Crippen MR) is 131 cm³/mol. The molecule has 1 aliphatic heterocycles. The van der Waals surface area contributed by atoms with Gasteiger partial charge in [0.1, 0.15) is 0 Å². The van der Waals surface area contributed by atoms with E-state index in [1.165, 1.54) is 39.9 Å². The minimum atomic E-state index is 0.317. The van der Waals surface area contributed by atoms with Crippen molar-refractivity contribution in [3.8, 4) is 0 Å². The summed E-state index contributed by atoms with van der Waals surface area (Å²) in [6.07, 6.45) is 14.9. The number of nitrogens with one attached hydrogen (secondary N) is 1. The van der Waals surface area contributed by atoms with Gasteiger partial charge in [-0.1, -0.05) is 36.8 Å². The zero-order chi connectivity index (χ0) is 22.0. The summed E-state index contributed by atoms with van der Waals surface area (Å²) in [6, 6.07) is 6.62. The molecule has 1 aliphatic carbocycles. The van der Waals surface area contributed by atoms with Crippen molar-refractivity contribution in [1.29, 1.82) is 0 Å². The SMILES string of the molecule is CC/C=C(/N=C\C=C(/C)N1CC2CC2(c2cn[nH]c2)C1)c1ccc(C=C(C)C)c(C)c1. The zero-order valence-electron chi connectivity index (χ0n) is 19.4. The highest BCUT2D eigenvalue weighted by Crippen LogP contribution is 2.59. The number of nitrogens with zero attached hydrogens (tertiary/aromatic N) is 3. The topological polar surface area (TPSA) is 44.3 Å². The fourth-order valence-corrected chi connectivity index (χ4v) is 4.80. The number of allylic oxidation sites excluding steroid dienone is 4. The standard InChI is InChI=1S/C27H34N4/c1-6-7-26(23-9-8-22(12-19(2)3)20(4)13-23)28-11-10-21(5)31-17-24-14-27(24,18-31)25-15-29-30-16-25/h7-13,15-16,24H,6,14,17-18H2,1-5H3,(H,29,30)/b21-10+,26-7+,28-11-. The molecule has 4 rings (SSSR count). The molecule has 1 N–H and O–H groups in total. The molecule has 0 amide bonds.